The van der Waals surface area contributed by atoms with Crippen LogP contribution in [0.3, 0.4) is 0 Å². The topological polar surface area (TPSA) is 91.5 Å². The number of rotatable bonds is 3. The van der Waals surface area contributed by atoms with Crippen LogP contribution < -0.4 is 10.6 Å². The Hall–Kier alpha value is -1.74. The number of aryl methyl sites for hydroxylation is 1. The zero-order valence-corrected chi connectivity index (χ0v) is 16.4. The lowest BCUT2D eigenvalue weighted by molar-refractivity contribution is 0.00578. The summed E-state index contributed by atoms with van der Waals surface area (Å²) < 4.78 is 36.2. The summed E-state index contributed by atoms with van der Waals surface area (Å²) in [4.78, 5) is 4.46. The standard InChI is InChI=1S/C18H23BN2O4S/c1-12-7-6-8-15(21-12)14-11-13(9-10-16(14)26(20,22)23)19-24-17(2,3)18(4,5)25-19/h6-11H,1-5H3,(H2,20,22,23). The van der Waals surface area contributed by atoms with Gasteiger partial charge >= 0.3 is 7.12 Å². The first-order valence-corrected chi connectivity index (χ1v) is 9.92. The number of aromatic nitrogens is 1. The van der Waals surface area contributed by atoms with Crippen molar-refractivity contribution in [3.8, 4) is 11.3 Å². The first kappa shape index (κ1) is 19.0. The van der Waals surface area contributed by atoms with Crippen LogP contribution in [0.4, 0.5) is 0 Å². The Balaban J connectivity index is 2.13. The SMILES string of the molecule is Cc1cccc(-c2cc(B3OC(C)(C)C(C)(C)O3)ccc2S(N)(=O)=O)n1. The first-order chi connectivity index (χ1) is 11.9. The highest BCUT2D eigenvalue weighted by atomic mass is 32.2. The molecule has 138 valence electrons. The summed E-state index contributed by atoms with van der Waals surface area (Å²) in [5.74, 6) is 0. The second kappa shape index (κ2) is 6.16. The van der Waals surface area contributed by atoms with Gasteiger partial charge in [-0.1, -0.05) is 18.2 Å². The minimum atomic E-state index is -3.90. The van der Waals surface area contributed by atoms with Crippen molar-refractivity contribution in [2.24, 2.45) is 5.14 Å². The first-order valence-electron chi connectivity index (χ1n) is 8.37. The number of nitrogens with two attached hydrogens (primary N) is 1. The maximum absolute atomic E-state index is 12.0. The van der Waals surface area contributed by atoms with Crippen molar-refractivity contribution >= 4 is 22.6 Å². The number of hydrogen-bond acceptors (Lipinski definition) is 5. The molecule has 8 heteroatoms. The minimum Gasteiger partial charge on any atom is -0.399 e. The van der Waals surface area contributed by atoms with Gasteiger partial charge in [-0.15, -0.1) is 0 Å². The number of nitrogens with zero attached hydrogens (tertiary/aromatic N) is 1. The Bertz CT molecular complexity index is 941. The lowest BCUT2D eigenvalue weighted by Gasteiger charge is -2.32. The van der Waals surface area contributed by atoms with E-state index in [2.05, 4.69) is 4.98 Å². The zero-order valence-electron chi connectivity index (χ0n) is 15.6. The van der Waals surface area contributed by atoms with E-state index in [9.17, 15) is 8.42 Å². The number of primary sulfonamides is 1. The third-order valence-corrected chi connectivity index (χ3v) is 5.97. The molecule has 0 saturated carbocycles. The quantitative estimate of drug-likeness (QED) is 0.830. The maximum atomic E-state index is 12.0. The summed E-state index contributed by atoms with van der Waals surface area (Å²) in [6, 6.07) is 10.3. The van der Waals surface area contributed by atoms with Crippen molar-refractivity contribution in [1.29, 1.82) is 0 Å². The van der Waals surface area contributed by atoms with Gasteiger partial charge in [0.15, 0.2) is 0 Å². The van der Waals surface area contributed by atoms with E-state index in [1.54, 1.807) is 18.2 Å². The van der Waals surface area contributed by atoms with Gasteiger partial charge in [0, 0.05) is 11.3 Å². The van der Waals surface area contributed by atoms with Gasteiger partial charge in [-0.2, -0.15) is 0 Å². The van der Waals surface area contributed by atoms with Crippen molar-refractivity contribution < 1.29 is 17.7 Å². The lowest BCUT2D eigenvalue weighted by atomic mass is 9.78. The van der Waals surface area contributed by atoms with Gasteiger partial charge in [0.2, 0.25) is 10.0 Å². The van der Waals surface area contributed by atoms with Gasteiger partial charge in [-0.3, -0.25) is 4.98 Å². The molecule has 1 aromatic heterocycles. The summed E-state index contributed by atoms with van der Waals surface area (Å²) in [5, 5.41) is 5.40. The summed E-state index contributed by atoms with van der Waals surface area (Å²) >= 11 is 0. The van der Waals surface area contributed by atoms with E-state index in [1.165, 1.54) is 6.07 Å². The Morgan fingerprint density at radius 1 is 1.04 bits per heavy atom. The Morgan fingerprint density at radius 2 is 1.65 bits per heavy atom. The third-order valence-electron chi connectivity index (χ3n) is 5.00. The smallest absolute Gasteiger partial charge is 0.399 e. The molecule has 0 spiro atoms. The van der Waals surface area contributed by atoms with Gasteiger partial charge in [0.05, 0.1) is 21.8 Å². The molecule has 1 saturated heterocycles. The molecule has 2 aromatic rings. The van der Waals surface area contributed by atoms with E-state index < -0.39 is 28.3 Å². The fourth-order valence-electron chi connectivity index (χ4n) is 2.81. The highest BCUT2D eigenvalue weighted by Crippen LogP contribution is 2.37. The van der Waals surface area contributed by atoms with Gasteiger partial charge in [0.1, 0.15) is 0 Å². The molecule has 0 unspecified atom stereocenters. The highest BCUT2D eigenvalue weighted by molar-refractivity contribution is 7.89. The highest BCUT2D eigenvalue weighted by Gasteiger charge is 2.51. The van der Waals surface area contributed by atoms with Crippen molar-refractivity contribution in [2.45, 2.75) is 50.7 Å². The molecule has 2 heterocycles. The van der Waals surface area contributed by atoms with Crippen molar-refractivity contribution in [3.05, 3.63) is 42.1 Å². The van der Waals surface area contributed by atoms with E-state index in [0.717, 1.165) is 5.69 Å². The van der Waals surface area contributed by atoms with Crippen molar-refractivity contribution in [2.75, 3.05) is 0 Å². The molecule has 0 amide bonds. The Morgan fingerprint density at radius 3 is 2.19 bits per heavy atom. The van der Waals surface area contributed by atoms with Crippen LogP contribution in [-0.4, -0.2) is 31.7 Å². The molecular formula is C18H23BN2O4S. The van der Waals surface area contributed by atoms with E-state index in [4.69, 9.17) is 14.4 Å². The number of hydrogen-bond donors (Lipinski definition) is 1. The lowest BCUT2D eigenvalue weighted by Crippen LogP contribution is -2.41. The molecule has 1 aliphatic rings. The number of benzene rings is 1. The van der Waals surface area contributed by atoms with Crippen LogP contribution in [-0.2, 0) is 19.3 Å². The van der Waals surface area contributed by atoms with Gasteiger partial charge < -0.3 is 9.31 Å². The van der Waals surface area contributed by atoms with Crippen LogP contribution in [0.2, 0.25) is 0 Å². The summed E-state index contributed by atoms with van der Waals surface area (Å²) in [7, 11) is -4.50. The molecule has 1 fully saturated rings. The fraction of sp³-hybridized carbons (Fsp3) is 0.389. The van der Waals surface area contributed by atoms with Gasteiger partial charge in [-0.05, 0) is 58.3 Å². The second-order valence-corrected chi connectivity index (χ2v) is 9.08. The Labute approximate surface area is 154 Å². The van der Waals surface area contributed by atoms with Crippen LogP contribution in [0, 0.1) is 6.92 Å². The average molecular weight is 374 g/mol. The van der Waals surface area contributed by atoms with E-state index >= 15 is 0 Å². The molecule has 0 bridgehead atoms. The van der Waals surface area contributed by atoms with Gasteiger partial charge in [-0.25, -0.2) is 13.6 Å². The molecule has 0 atom stereocenters. The maximum Gasteiger partial charge on any atom is 0.494 e. The predicted molar refractivity (Wildman–Crippen MR) is 101 cm³/mol. The molecule has 2 N–H and O–H groups in total. The fourth-order valence-corrected chi connectivity index (χ4v) is 3.54. The van der Waals surface area contributed by atoms with Crippen LogP contribution in [0.5, 0.6) is 0 Å². The third kappa shape index (κ3) is 3.42. The summed E-state index contributed by atoms with van der Waals surface area (Å²) in [6.07, 6.45) is 0. The van der Waals surface area contributed by atoms with E-state index in [-0.39, 0.29) is 4.90 Å². The van der Waals surface area contributed by atoms with E-state index in [1.807, 2.05) is 46.8 Å². The van der Waals surface area contributed by atoms with Crippen LogP contribution >= 0.6 is 0 Å². The molecule has 1 aliphatic heterocycles. The largest absolute Gasteiger partial charge is 0.494 e. The summed E-state index contributed by atoms with van der Waals surface area (Å²) in [5.41, 5.74) is 1.49. The van der Waals surface area contributed by atoms with E-state index in [0.29, 0.717) is 16.7 Å². The Kier molecular flexibility index (Phi) is 4.51. The van der Waals surface area contributed by atoms with Crippen molar-refractivity contribution in [1.82, 2.24) is 4.98 Å². The van der Waals surface area contributed by atoms with Crippen LogP contribution in [0.15, 0.2) is 41.3 Å². The van der Waals surface area contributed by atoms with Gasteiger partial charge in [0.25, 0.3) is 0 Å². The molecule has 0 aliphatic carbocycles. The predicted octanol–water partition coefficient (Wildman–Crippen LogP) is 2.00. The molecule has 3 rings (SSSR count). The summed E-state index contributed by atoms with van der Waals surface area (Å²) in [6.45, 7) is 9.71. The number of sulfonamides is 1. The van der Waals surface area contributed by atoms with Crippen molar-refractivity contribution in [3.63, 3.8) is 0 Å². The van der Waals surface area contributed by atoms with Crippen LogP contribution in [0.1, 0.15) is 33.4 Å². The molecule has 26 heavy (non-hydrogen) atoms. The zero-order chi connectivity index (χ0) is 19.3. The van der Waals surface area contributed by atoms with Crippen LogP contribution in [0.25, 0.3) is 11.3 Å². The molecule has 6 nitrogen and oxygen atoms in total. The number of pyridine rings is 1. The average Bonchev–Trinajstić information content (AvgIpc) is 2.74. The normalized spacial score (nSPS) is 18.9. The minimum absolute atomic E-state index is 0.0240. The molecule has 1 aromatic carbocycles. The monoisotopic (exact) mass is 374 g/mol. The molecular weight excluding hydrogens is 351 g/mol. The second-order valence-electron chi connectivity index (χ2n) is 7.55. The molecule has 0 radical (unpaired) electrons.